The number of carbonyl (C=O) groups excluding carboxylic acids is 1. The number of nitrogens with one attached hydrogen (secondary N) is 2. The van der Waals surface area contributed by atoms with Crippen LogP contribution in [0.1, 0.15) is 38.7 Å². The maximum absolute atomic E-state index is 12.7. The molecule has 0 saturated carbocycles. The summed E-state index contributed by atoms with van der Waals surface area (Å²) in [5.41, 5.74) is 2.02. The molecule has 1 fully saturated rings. The highest BCUT2D eigenvalue weighted by Crippen LogP contribution is 2.17. The molecular weight excluding hydrogens is 286 g/mol. The van der Waals surface area contributed by atoms with Crippen LogP contribution in [-0.2, 0) is 4.79 Å². The van der Waals surface area contributed by atoms with E-state index in [1.807, 2.05) is 38.1 Å². The second-order valence-electron chi connectivity index (χ2n) is 6.69. The van der Waals surface area contributed by atoms with Gasteiger partial charge in [0.15, 0.2) is 0 Å². The van der Waals surface area contributed by atoms with Crippen LogP contribution in [-0.4, -0.2) is 43.0 Å². The Hall–Kier alpha value is -1.39. The van der Waals surface area contributed by atoms with Crippen LogP contribution >= 0.6 is 0 Å². The number of amides is 1. The minimum atomic E-state index is -0.100. The molecule has 0 aliphatic carbocycles. The third-order valence-electron chi connectivity index (χ3n) is 4.73. The molecule has 1 amide bonds. The molecule has 1 aromatic carbocycles. The number of aryl methyl sites for hydroxylation is 1. The van der Waals surface area contributed by atoms with Crippen molar-refractivity contribution >= 4 is 11.6 Å². The zero-order valence-electron chi connectivity index (χ0n) is 14.8. The Bertz CT molecular complexity index is 497. The number of carbonyl (C=O) groups is 1. The predicted molar refractivity (Wildman–Crippen MR) is 96.7 cm³/mol. The van der Waals surface area contributed by atoms with Gasteiger partial charge in [-0.3, -0.25) is 9.69 Å². The Morgan fingerprint density at radius 3 is 2.87 bits per heavy atom. The summed E-state index contributed by atoms with van der Waals surface area (Å²) in [6.07, 6.45) is 3.58. The van der Waals surface area contributed by atoms with Crippen molar-refractivity contribution in [3.8, 4) is 0 Å². The number of hydrogen-bond acceptors (Lipinski definition) is 3. The lowest BCUT2D eigenvalue weighted by atomic mass is 9.98. The van der Waals surface area contributed by atoms with E-state index >= 15 is 0 Å². The number of piperidine rings is 1. The zero-order chi connectivity index (χ0) is 16.7. The third kappa shape index (κ3) is 5.33. The Morgan fingerprint density at radius 2 is 2.22 bits per heavy atom. The number of hydrogen-bond donors (Lipinski definition) is 2. The number of benzene rings is 1. The van der Waals surface area contributed by atoms with Gasteiger partial charge in [0.25, 0.3) is 0 Å². The van der Waals surface area contributed by atoms with Crippen LogP contribution in [0.2, 0.25) is 0 Å². The number of para-hydroxylation sites is 1. The SMILES string of the molecule is CCCN(CC1CCCNC1)C(C)C(=O)Nc1ccccc1C. The van der Waals surface area contributed by atoms with Crippen LogP contribution in [0.15, 0.2) is 24.3 Å². The summed E-state index contributed by atoms with van der Waals surface area (Å²) >= 11 is 0. The first-order valence-corrected chi connectivity index (χ1v) is 8.93. The maximum Gasteiger partial charge on any atom is 0.241 e. The molecule has 4 heteroatoms. The summed E-state index contributed by atoms with van der Waals surface area (Å²) in [6, 6.07) is 7.85. The van der Waals surface area contributed by atoms with Crippen LogP contribution in [0.3, 0.4) is 0 Å². The van der Waals surface area contributed by atoms with E-state index in [4.69, 9.17) is 0 Å². The highest BCUT2D eigenvalue weighted by Gasteiger charge is 2.24. The lowest BCUT2D eigenvalue weighted by molar-refractivity contribution is -0.121. The summed E-state index contributed by atoms with van der Waals surface area (Å²) in [4.78, 5) is 15.0. The molecular formula is C19H31N3O. The first-order valence-electron chi connectivity index (χ1n) is 8.93. The minimum absolute atomic E-state index is 0.0940. The van der Waals surface area contributed by atoms with Gasteiger partial charge in [-0.05, 0) is 70.3 Å². The fraction of sp³-hybridized carbons (Fsp3) is 0.632. The van der Waals surface area contributed by atoms with Gasteiger partial charge < -0.3 is 10.6 Å². The van der Waals surface area contributed by atoms with Crippen molar-refractivity contribution in [2.75, 3.05) is 31.5 Å². The van der Waals surface area contributed by atoms with E-state index in [2.05, 4.69) is 22.5 Å². The van der Waals surface area contributed by atoms with E-state index in [0.29, 0.717) is 5.92 Å². The Balaban J connectivity index is 1.96. The van der Waals surface area contributed by atoms with Gasteiger partial charge >= 0.3 is 0 Å². The van der Waals surface area contributed by atoms with Crippen LogP contribution in [0.5, 0.6) is 0 Å². The van der Waals surface area contributed by atoms with Crippen molar-refractivity contribution in [3.05, 3.63) is 29.8 Å². The zero-order valence-corrected chi connectivity index (χ0v) is 14.8. The molecule has 4 nitrogen and oxygen atoms in total. The molecule has 23 heavy (non-hydrogen) atoms. The van der Waals surface area contributed by atoms with Gasteiger partial charge in [-0.1, -0.05) is 25.1 Å². The summed E-state index contributed by atoms with van der Waals surface area (Å²) in [6.45, 7) is 10.4. The van der Waals surface area contributed by atoms with E-state index < -0.39 is 0 Å². The van der Waals surface area contributed by atoms with Gasteiger partial charge in [0.2, 0.25) is 5.91 Å². The lowest BCUT2D eigenvalue weighted by Gasteiger charge is -2.33. The fourth-order valence-corrected chi connectivity index (χ4v) is 3.26. The minimum Gasteiger partial charge on any atom is -0.324 e. The first-order chi connectivity index (χ1) is 11.1. The van der Waals surface area contributed by atoms with Crippen molar-refractivity contribution in [1.29, 1.82) is 0 Å². The highest BCUT2D eigenvalue weighted by molar-refractivity contribution is 5.95. The average molecular weight is 317 g/mol. The van der Waals surface area contributed by atoms with Crippen molar-refractivity contribution in [2.24, 2.45) is 5.92 Å². The van der Waals surface area contributed by atoms with Crippen LogP contribution in [0.4, 0.5) is 5.69 Å². The molecule has 1 saturated heterocycles. The van der Waals surface area contributed by atoms with Gasteiger partial charge in [0, 0.05) is 12.2 Å². The highest BCUT2D eigenvalue weighted by atomic mass is 16.2. The fourth-order valence-electron chi connectivity index (χ4n) is 3.26. The van der Waals surface area contributed by atoms with Gasteiger partial charge in [-0.2, -0.15) is 0 Å². The smallest absolute Gasteiger partial charge is 0.241 e. The summed E-state index contributed by atoms with van der Waals surface area (Å²) in [7, 11) is 0. The molecule has 1 aliphatic rings. The van der Waals surface area contributed by atoms with E-state index in [9.17, 15) is 4.79 Å². The second kappa shape index (κ2) is 9.04. The second-order valence-corrected chi connectivity index (χ2v) is 6.69. The molecule has 2 N–H and O–H groups in total. The quantitative estimate of drug-likeness (QED) is 0.812. The molecule has 2 rings (SSSR count). The molecule has 1 aliphatic heterocycles. The summed E-state index contributed by atoms with van der Waals surface area (Å²) < 4.78 is 0. The maximum atomic E-state index is 12.7. The number of anilines is 1. The largest absolute Gasteiger partial charge is 0.324 e. The molecule has 1 heterocycles. The Morgan fingerprint density at radius 1 is 1.43 bits per heavy atom. The van der Waals surface area contributed by atoms with Gasteiger partial charge in [0.1, 0.15) is 0 Å². The Labute approximate surface area is 140 Å². The first kappa shape index (κ1) is 18.0. The molecule has 2 unspecified atom stereocenters. The molecule has 0 radical (unpaired) electrons. The van der Waals surface area contributed by atoms with E-state index in [1.165, 1.54) is 12.8 Å². The van der Waals surface area contributed by atoms with Crippen molar-refractivity contribution in [1.82, 2.24) is 10.2 Å². The third-order valence-corrected chi connectivity index (χ3v) is 4.73. The topological polar surface area (TPSA) is 44.4 Å². The molecule has 1 aromatic rings. The molecule has 0 bridgehead atoms. The van der Waals surface area contributed by atoms with Gasteiger partial charge in [-0.15, -0.1) is 0 Å². The van der Waals surface area contributed by atoms with E-state index in [1.54, 1.807) is 0 Å². The van der Waals surface area contributed by atoms with Crippen LogP contribution < -0.4 is 10.6 Å². The monoisotopic (exact) mass is 317 g/mol. The molecule has 2 atom stereocenters. The summed E-state index contributed by atoms with van der Waals surface area (Å²) in [5.74, 6) is 0.750. The number of rotatable bonds is 7. The molecule has 0 aromatic heterocycles. The van der Waals surface area contributed by atoms with E-state index in [-0.39, 0.29) is 11.9 Å². The predicted octanol–water partition coefficient (Wildman–Crippen LogP) is 3.03. The molecule has 0 spiro atoms. The van der Waals surface area contributed by atoms with Crippen LogP contribution in [0.25, 0.3) is 0 Å². The van der Waals surface area contributed by atoms with Crippen LogP contribution in [0, 0.1) is 12.8 Å². The average Bonchev–Trinajstić information content (AvgIpc) is 2.57. The van der Waals surface area contributed by atoms with Crippen molar-refractivity contribution < 1.29 is 4.79 Å². The Kier molecular flexibility index (Phi) is 7.06. The van der Waals surface area contributed by atoms with Gasteiger partial charge in [-0.25, -0.2) is 0 Å². The van der Waals surface area contributed by atoms with Crippen molar-refractivity contribution in [2.45, 2.75) is 46.1 Å². The number of nitrogens with zero attached hydrogens (tertiary/aromatic N) is 1. The molecule has 128 valence electrons. The van der Waals surface area contributed by atoms with E-state index in [0.717, 1.165) is 43.9 Å². The standard InChI is InChI=1S/C19H31N3O/c1-4-12-22(14-17-9-7-11-20-13-17)16(3)19(23)21-18-10-6-5-8-15(18)2/h5-6,8,10,16-17,20H,4,7,9,11-14H2,1-3H3,(H,21,23). The summed E-state index contributed by atoms with van der Waals surface area (Å²) in [5, 5.41) is 6.56. The van der Waals surface area contributed by atoms with Crippen molar-refractivity contribution in [3.63, 3.8) is 0 Å². The lowest BCUT2D eigenvalue weighted by Crippen LogP contribution is -2.47. The normalized spacial score (nSPS) is 19.6. The van der Waals surface area contributed by atoms with Gasteiger partial charge in [0.05, 0.1) is 6.04 Å².